The number of hydrogen-bond donors (Lipinski definition) is 0. The second kappa shape index (κ2) is 28.3. The molecule has 1 aliphatic rings. The fraction of sp³-hybridized carbons (Fsp3) is 0.756. The normalized spacial score (nSPS) is 18.4. The highest BCUT2D eigenvalue weighted by molar-refractivity contribution is 5.81. The fourth-order valence-corrected chi connectivity index (χ4v) is 5.21. The van der Waals surface area contributed by atoms with E-state index in [0.717, 1.165) is 0 Å². The van der Waals surface area contributed by atoms with Crippen LogP contribution in [0.5, 0.6) is 0 Å². The highest BCUT2D eigenvalue weighted by atomic mass is 16.7. The van der Waals surface area contributed by atoms with Crippen LogP contribution in [0.4, 0.5) is 0 Å². The summed E-state index contributed by atoms with van der Waals surface area (Å²) in [5, 5.41) is 0. The van der Waals surface area contributed by atoms with Gasteiger partial charge >= 0.3 is 59.7 Å². The Kier molecular flexibility index (Phi) is 25.0. The predicted molar refractivity (Wildman–Crippen MR) is 208 cm³/mol. The van der Waals surface area contributed by atoms with E-state index in [1.54, 1.807) is 69.2 Å². The van der Waals surface area contributed by atoms with Crippen LogP contribution in [0.3, 0.4) is 0 Å². The van der Waals surface area contributed by atoms with E-state index >= 15 is 0 Å². The molecule has 1 aliphatic heterocycles. The zero-order valence-corrected chi connectivity index (χ0v) is 37.1. The number of hydrogen-bond acceptors (Lipinski definition) is 21. The van der Waals surface area contributed by atoms with Gasteiger partial charge in [0, 0.05) is 0 Å². The molecule has 0 aromatic carbocycles. The highest BCUT2D eigenvalue weighted by Gasteiger charge is 2.54. The second-order valence-corrected chi connectivity index (χ2v) is 15.3. The lowest BCUT2D eigenvalue weighted by Gasteiger charge is -2.44. The molecule has 0 unspecified atom stereocenters. The van der Waals surface area contributed by atoms with E-state index in [4.69, 9.17) is 52.1 Å². The molecule has 5 atom stereocenters. The Labute approximate surface area is 360 Å². The number of carbonyl (C=O) groups is 10. The van der Waals surface area contributed by atoms with Crippen LogP contribution in [0, 0.1) is 0 Å². The molecule has 0 aliphatic carbocycles. The topological polar surface area (TPSA) is 272 Å². The van der Waals surface area contributed by atoms with Crippen LogP contribution in [0.15, 0.2) is 0 Å². The molecule has 0 aromatic heterocycles. The van der Waals surface area contributed by atoms with E-state index in [1.807, 2.05) is 0 Å². The second-order valence-electron chi connectivity index (χ2n) is 15.3. The van der Waals surface area contributed by atoms with Crippen LogP contribution < -0.4 is 0 Å². The van der Waals surface area contributed by atoms with Crippen molar-refractivity contribution in [2.45, 2.75) is 195 Å². The first-order valence-electron chi connectivity index (χ1n) is 20.5. The molecular formula is C41H62O21. The summed E-state index contributed by atoms with van der Waals surface area (Å²) in [6.07, 6.45) is -17.3. The third-order valence-electron chi connectivity index (χ3n) is 7.55. The minimum Gasteiger partial charge on any atom is -0.463 e. The van der Waals surface area contributed by atoms with E-state index in [0.29, 0.717) is 0 Å². The lowest BCUT2D eigenvalue weighted by Crippen LogP contribution is -2.63. The van der Waals surface area contributed by atoms with E-state index in [-0.39, 0.29) is 6.42 Å². The molecule has 0 N–H and O–H groups in total. The summed E-state index contributed by atoms with van der Waals surface area (Å²) < 4.78 is 59.1. The average Bonchev–Trinajstić information content (AvgIpc) is 3.14. The first-order valence-corrected chi connectivity index (χ1v) is 20.5. The van der Waals surface area contributed by atoms with Gasteiger partial charge in [0.2, 0.25) is 12.4 Å². The van der Waals surface area contributed by atoms with Crippen molar-refractivity contribution in [3.05, 3.63) is 0 Å². The molecule has 1 heterocycles. The van der Waals surface area contributed by atoms with Crippen molar-refractivity contribution in [2.75, 3.05) is 6.61 Å². The van der Waals surface area contributed by atoms with Gasteiger partial charge in [0.25, 0.3) is 0 Å². The number of ether oxygens (including phenoxy) is 11. The van der Waals surface area contributed by atoms with Gasteiger partial charge in [-0.15, -0.1) is 0 Å². The largest absolute Gasteiger partial charge is 0.463 e. The van der Waals surface area contributed by atoms with Gasteiger partial charge in [-0.3, -0.25) is 47.9 Å². The Hall–Kier alpha value is -5.34. The molecule has 0 aromatic rings. The lowest BCUT2D eigenvalue weighted by atomic mass is 9.97. The van der Waals surface area contributed by atoms with Gasteiger partial charge in [0.05, 0.1) is 94.7 Å². The quantitative estimate of drug-likeness (QED) is 0.0891. The lowest BCUT2D eigenvalue weighted by molar-refractivity contribution is -0.301. The summed E-state index contributed by atoms with van der Waals surface area (Å²) in [7, 11) is 0. The summed E-state index contributed by atoms with van der Waals surface area (Å²) in [5.41, 5.74) is 0. The SMILES string of the molecule is CC(C)OC(=O)CCC(=O)OC[C@H]1O[C@@H](OC(=O)CCC(=O)OC(C)C)[C@H](OC(=O)CCC(=O)OC(C)C)[C@@H](OC(=O)CCC(=O)OC(C)C)[C@@H]1OC(=O)CCC(=O)OC(C)C. The third kappa shape index (κ3) is 24.2. The first-order chi connectivity index (χ1) is 28.9. The smallest absolute Gasteiger partial charge is 0.308 e. The van der Waals surface area contributed by atoms with Gasteiger partial charge in [0.15, 0.2) is 12.2 Å². The number of carbonyl (C=O) groups excluding carboxylic acids is 10. The van der Waals surface area contributed by atoms with E-state index in [2.05, 4.69) is 0 Å². The average molecular weight is 891 g/mol. The Bertz CT molecular complexity index is 1530. The molecule has 0 spiro atoms. The summed E-state index contributed by atoms with van der Waals surface area (Å²) in [6.45, 7) is 15.1. The molecule has 1 rings (SSSR count). The maximum absolute atomic E-state index is 13.4. The number of rotatable bonds is 26. The maximum atomic E-state index is 13.4. The van der Waals surface area contributed by atoms with Crippen molar-refractivity contribution < 1.29 is 100 Å². The van der Waals surface area contributed by atoms with E-state index in [9.17, 15) is 47.9 Å². The molecule has 0 amide bonds. The summed E-state index contributed by atoms with van der Waals surface area (Å²) in [4.78, 5) is 127. The van der Waals surface area contributed by atoms with Crippen molar-refractivity contribution >= 4 is 59.7 Å². The van der Waals surface area contributed by atoms with Gasteiger partial charge in [-0.2, -0.15) is 0 Å². The molecule has 0 radical (unpaired) electrons. The zero-order valence-electron chi connectivity index (χ0n) is 37.1. The molecule has 0 saturated carbocycles. The summed E-state index contributed by atoms with van der Waals surface area (Å²) in [5.74, 6) is -9.23. The van der Waals surface area contributed by atoms with Gasteiger partial charge in [-0.05, 0) is 69.2 Å². The zero-order chi connectivity index (χ0) is 47.1. The Morgan fingerprint density at radius 3 is 0.919 bits per heavy atom. The van der Waals surface area contributed by atoms with Crippen LogP contribution in [0.1, 0.15) is 133 Å². The number of esters is 10. The van der Waals surface area contributed by atoms with Crippen molar-refractivity contribution in [1.29, 1.82) is 0 Å². The Morgan fingerprint density at radius 1 is 0.339 bits per heavy atom. The van der Waals surface area contributed by atoms with Gasteiger partial charge < -0.3 is 52.1 Å². The van der Waals surface area contributed by atoms with Crippen LogP contribution >= 0.6 is 0 Å². The molecule has 1 fully saturated rings. The van der Waals surface area contributed by atoms with Crippen molar-refractivity contribution in [2.24, 2.45) is 0 Å². The Balaban J connectivity index is 3.74. The van der Waals surface area contributed by atoms with E-state index in [1.165, 1.54) is 0 Å². The van der Waals surface area contributed by atoms with Gasteiger partial charge in [-0.25, -0.2) is 0 Å². The summed E-state index contributed by atoms with van der Waals surface area (Å²) >= 11 is 0. The first kappa shape index (κ1) is 54.7. The Morgan fingerprint density at radius 2 is 0.597 bits per heavy atom. The summed E-state index contributed by atoms with van der Waals surface area (Å²) in [6, 6.07) is 0. The molecule has 21 nitrogen and oxygen atoms in total. The van der Waals surface area contributed by atoms with Crippen LogP contribution in [-0.4, -0.2) is 128 Å². The van der Waals surface area contributed by atoms with Crippen molar-refractivity contribution in [3.8, 4) is 0 Å². The van der Waals surface area contributed by atoms with E-state index < -0.39 is 185 Å². The molecule has 352 valence electrons. The molecule has 1 saturated heterocycles. The molecule has 62 heavy (non-hydrogen) atoms. The minimum absolute atomic E-state index is 0.380. The monoisotopic (exact) mass is 890 g/mol. The maximum Gasteiger partial charge on any atom is 0.308 e. The van der Waals surface area contributed by atoms with Crippen LogP contribution in [-0.2, 0) is 100 Å². The predicted octanol–water partition coefficient (Wildman–Crippen LogP) is 3.19. The highest BCUT2D eigenvalue weighted by Crippen LogP contribution is 2.31. The van der Waals surface area contributed by atoms with Crippen LogP contribution in [0.25, 0.3) is 0 Å². The molecule has 0 bridgehead atoms. The fourth-order valence-electron chi connectivity index (χ4n) is 5.21. The standard InChI is InChI=1S/C41H62O21/c1-22(2)53-29(43)12-11-28(42)52-21-27-38(59-34(48)17-13-30(44)54-23(3)4)39(60-35(49)18-14-31(45)55-24(5)6)40(61-36(50)19-15-32(46)56-25(7)8)41(58-27)62-37(51)20-16-33(47)57-26(9)10/h22-27,38-41H,11-21H2,1-10H3/t27-,38-,39+,40-,41+/m1/s1. The van der Waals surface area contributed by atoms with Gasteiger partial charge in [-0.1, -0.05) is 0 Å². The molecular weight excluding hydrogens is 828 g/mol. The third-order valence-corrected chi connectivity index (χ3v) is 7.55. The van der Waals surface area contributed by atoms with Crippen molar-refractivity contribution in [3.63, 3.8) is 0 Å². The minimum atomic E-state index is -2.04. The van der Waals surface area contributed by atoms with Crippen molar-refractivity contribution in [1.82, 2.24) is 0 Å². The van der Waals surface area contributed by atoms with Gasteiger partial charge in [0.1, 0.15) is 12.7 Å². The molecule has 21 heteroatoms. The van der Waals surface area contributed by atoms with Crippen LogP contribution in [0.2, 0.25) is 0 Å².